The van der Waals surface area contributed by atoms with E-state index in [0.29, 0.717) is 22.9 Å². The molecule has 2 aliphatic heterocycles. The van der Waals surface area contributed by atoms with Crippen molar-refractivity contribution < 1.29 is 9.84 Å². The molecular formula is C27H43NO2. The topological polar surface area (TPSA) is 41.5 Å². The van der Waals surface area contributed by atoms with Gasteiger partial charge >= 0.3 is 0 Å². The maximum Gasteiger partial charge on any atom is 0.122 e. The molecule has 0 unspecified atom stereocenters. The van der Waals surface area contributed by atoms with Crippen LogP contribution in [0, 0.1) is 46.3 Å². The van der Waals surface area contributed by atoms with Crippen molar-refractivity contribution in [3.63, 3.8) is 0 Å². The van der Waals surface area contributed by atoms with Crippen molar-refractivity contribution in [2.75, 3.05) is 6.54 Å². The van der Waals surface area contributed by atoms with E-state index < -0.39 is 0 Å². The first-order valence-electron chi connectivity index (χ1n) is 13.1. The van der Waals surface area contributed by atoms with Crippen LogP contribution < -0.4 is 5.32 Å². The lowest BCUT2D eigenvalue weighted by Gasteiger charge is -2.58. The van der Waals surface area contributed by atoms with Gasteiger partial charge in [-0.15, -0.1) is 0 Å². The number of ether oxygens (including phenoxy) is 1. The van der Waals surface area contributed by atoms with Gasteiger partial charge in [0.25, 0.3) is 0 Å². The Morgan fingerprint density at radius 3 is 2.67 bits per heavy atom. The number of hydrogen-bond acceptors (Lipinski definition) is 3. The minimum atomic E-state index is -0.100. The highest BCUT2D eigenvalue weighted by molar-refractivity contribution is 5.26. The normalized spacial score (nSPS) is 59.8. The maximum atomic E-state index is 10.3. The van der Waals surface area contributed by atoms with Crippen molar-refractivity contribution in [2.45, 2.75) is 103 Å². The maximum absolute atomic E-state index is 10.3. The average molecular weight is 414 g/mol. The van der Waals surface area contributed by atoms with Gasteiger partial charge in [0, 0.05) is 12.5 Å². The van der Waals surface area contributed by atoms with Gasteiger partial charge in [-0.25, -0.2) is 0 Å². The summed E-state index contributed by atoms with van der Waals surface area (Å²) in [7, 11) is 0. The van der Waals surface area contributed by atoms with Crippen molar-refractivity contribution in [1.29, 1.82) is 0 Å². The molecule has 6 rings (SSSR count). The molecule has 0 aromatic carbocycles. The van der Waals surface area contributed by atoms with Gasteiger partial charge in [0.05, 0.1) is 12.2 Å². The molecule has 2 heterocycles. The van der Waals surface area contributed by atoms with Crippen LogP contribution in [0.2, 0.25) is 0 Å². The molecule has 2 saturated heterocycles. The molecule has 168 valence electrons. The Kier molecular flexibility index (Phi) is 4.44. The molecule has 5 fully saturated rings. The van der Waals surface area contributed by atoms with Crippen molar-refractivity contribution in [1.82, 2.24) is 5.32 Å². The molecule has 6 aliphatic rings. The first kappa shape index (κ1) is 20.2. The van der Waals surface area contributed by atoms with E-state index in [4.69, 9.17) is 4.74 Å². The smallest absolute Gasteiger partial charge is 0.122 e. The second-order valence-corrected chi connectivity index (χ2v) is 12.8. The molecule has 3 saturated carbocycles. The fourth-order valence-corrected chi connectivity index (χ4v) is 9.84. The largest absolute Gasteiger partial charge is 0.393 e. The number of aliphatic hydroxyl groups is 1. The first-order valence-corrected chi connectivity index (χ1v) is 13.1. The van der Waals surface area contributed by atoms with E-state index >= 15 is 0 Å². The van der Waals surface area contributed by atoms with Gasteiger partial charge in [-0.1, -0.05) is 39.3 Å². The van der Waals surface area contributed by atoms with Gasteiger partial charge in [-0.2, -0.15) is 0 Å². The van der Waals surface area contributed by atoms with E-state index in [9.17, 15) is 5.11 Å². The molecule has 4 aliphatic carbocycles. The summed E-state index contributed by atoms with van der Waals surface area (Å²) in [5.74, 6) is 4.58. The SMILES string of the molecule is C[C@H]1CC[C@]2(NC1)O[C@@H]1C[C@@H]3[C@H]4CC=C5C[C@@H](O)CC[C@@]5(C)[C@@H]4CC[C@@]3(C)[C@@H]1[C@H]2C. The quantitative estimate of drug-likeness (QED) is 0.530. The van der Waals surface area contributed by atoms with Crippen LogP contribution in [0.4, 0.5) is 0 Å². The van der Waals surface area contributed by atoms with Crippen LogP contribution in [0.3, 0.4) is 0 Å². The molecule has 11 atom stereocenters. The molecule has 0 aromatic heterocycles. The zero-order valence-electron chi connectivity index (χ0n) is 19.6. The third-order valence-corrected chi connectivity index (χ3v) is 11.6. The summed E-state index contributed by atoms with van der Waals surface area (Å²) in [4.78, 5) is 0. The molecule has 0 aromatic rings. The number of nitrogens with one attached hydrogen (secondary N) is 1. The average Bonchev–Trinajstić information content (AvgIpc) is 3.16. The fourth-order valence-electron chi connectivity index (χ4n) is 9.84. The zero-order valence-corrected chi connectivity index (χ0v) is 19.6. The molecule has 3 nitrogen and oxygen atoms in total. The Morgan fingerprint density at radius 1 is 1.07 bits per heavy atom. The van der Waals surface area contributed by atoms with Gasteiger partial charge in [0.15, 0.2) is 0 Å². The first-order chi connectivity index (χ1) is 14.3. The summed E-state index contributed by atoms with van der Waals surface area (Å²) in [6.45, 7) is 11.2. The number of aliphatic hydroxyl groups excluding tert-OH is 1. The van der Waals surface area contributed by atoms with E-state index in [1.807, 2.05) is 0 Å². The lowest BCUT2D eigenvalue weighted by atomic mass is 9.47. The lowest BCUT2D eigenvalue weighted by molar-refractivity contribution is -0.115. The summed E-state index contributed by atoms with van der Waals surface area (Å²) in [6.07, 6.45) is 13.8. The highest BCUT2D eigenvalue weighted by Crippen LogP contribution is 2.70. The van der Waals surface area contributed by atoms with E-state index in [2.05, 4.69) is 39.1 Å². The molecule has 1 spiro atoms. The molecular weight excluding hydrogens is 370 g/mol. The Morgan fingerprint density at radius 2 is 1.90 bits per heavy atom. The third-order valence-electron chi connectivity index (χ3n) is 11.6. The van der Waals surface area contributed by atoms with Crippen molar-refractivity contribution in [3.8, 4) is 0 Å². The molecule has 0 bridgehead atoms. The van der Waals surface area contributed by atoms with Gasteiger partial charge in [-0.3, -0.25) is 5.32 Å². The predicted molar refractivity (Wildman–Crippen MR) is 120 cm³/mol. The Hall–Kier alpha value is -0.380. The number of fused-ring (bicyclic) bond motifs is 7. The third kappa shape index (κ3) is 2.55. The van der Waals surface area contributed by atoms with Gasteiger partial charge in [0.1, 0.15) is 5.72 Å². The summed E-state index contributed by atoms with van der Waals surface area (Å²) in [5.41, 5.74) is 2.33. The van der Waals surface area contributed by atoms with Crippen LogP contribution in [-0.2, 0) is 4.74 Å². The second-order valence-electron chi connectivity index (χ2n) is 12.8. The van der Waals surface area contributed by atoms with E-state index in [0.717, 1.165) is 49.0 Å². The van der Waals surface area contributed by atoms with Crippen molar-refractivity contribution in [3.05, 3.63) is 11.6 Å². The molecule has 2 N–H and O–H groups in total. The van der Waals surface area contributed by atoms with Gasteiger partial charge in [0.2, 0.25) is 0 Å². The molecule has 3 heteroatoms. The summed E-state index contributed by atoms with van der Waals surface area (Å²) in [6, 6.07) is 0. The number of allylic oxidation sites excluding steroid dienone is 1. The van der Waals surface area contributed by atoms with Crippen LogP contribution in [-0.4, -0.2) is 29.6 Å². The van der Waals surface area contributed by atoms with Gasteiger partial charge < -0.3 is 9.84 Å². The van der Waals surface area contributed by atoms with Crippen LogP contribution in [0.15, 0.2) is 11.6 Å². The minimum absolute atomic E-state index is 0.0439. The fraction of sp³-hybridized carbons (Fsp3) is 0.926. The Balaban J connectivity index is 1.28. The van der Waals surface area contributed by atoms with Crippen LogP contribution >= 0.6 is 0 Å². The highest BCUT2D eigenvalue weighted by atomic mass is 16.5. The minimum Gasteiger partial charge on any atom is -0.393 e. The molecule has 0 radical (unpaired) electrons. The number of rotatable bonds is 0. The van der Waals surface area contributed by atoms with E-state index in [1.165, 1.54) is 44.9 Å². The standard InChI is InChI=1S/C27H43NO2/c1-16-7-12-27(28-15-16)17(2)24-23(30-27)14-22-20-6-5-18-13-19(29)8-10-25(18,3)21(20)9-11-26(22,24)4/h5,16-17,19-24,28-29H,6-15H2,1-4H3/t16-,17+,19-,20-,21+,22+,23+,24+,25+,26+,27-/m0/s1. The van der Waals surface area contributed by atoms with Crippen LogP contribution in [0.1, 0.15) is 85.5 Å². The van der Waals surface area contributed by atoms with Crippen molar-refractivity contribution in [2.24, 2.45) is 46.3 Å². The van der Waals surface area contributed by atoms with Gasteiger partial charge in [-0.05, 0) is 98.2 Å². The van der Waals surface area contributed by atoms with E-state index in [-0.39, 0.29) is 11.8 Å². The predicted octanol–water partition coefficient (Wildman–Crippen LogP) is 5.29. The summed E-state index contributed by atoms with van der Waals surface area (Å²) < 4.78 is 7.00. The Bertz CT molecular complexity index is 739. The summed E-state index contributed by atoms with van der Waals surface area (Å²) >= 11 is 0. The number of hydrogen-bond donors (Lipinski definition) is 2. The summed E-state index contributed by atoms with van der Waals surface area (Å²) in [5, 5.41) is 14.1. The second kappa shape index (κ2) is 6.58. The molecule has 0 amide bonds. The van der Waals surface area contributed by atoms with Crippen LogP contribution in [0.5, 0.6) is 0 Å². The Labute approximate surface area is 183 Å². The highest BCUT2D eigenvalue weighted by Gasteiger charge is 2.68. The zero-order chi connectivity index (χ0) is 20.9. The number of piperidine rings is 1. The van der Waals surface area contributed by atoms with E-state index in [1.54, 1.807) is 5.57 Å². The van der Waals surface area contributed by atoms with Crippen molar-refractivity contribution >= 4 is 0 Å². The lowest BCUT2D eigenvalue weighted by Crippen LogP contribution is -2.57. The van der Waals surface area contributed by atoms with Crippen LogP contribution in [0.25, 0.3) is 0 Å². The molecule has 30 heavy (non-hydrogen) atoms. The monoisotopic (exact) mass is 413 g/mol.